The third kappa shape index (κ3) is 6.05. The zero-order chi connectivity index (χ0) is 9.40. The first-order chi connectivity index (χ1) is 5.68. The first kappa shape index (κ1) is 11.3. The predicted octanol–water partition coefficient (Wildman–Crippen LogP) is -0.0102. The van der Waals surface area contributed by atoms with E-state index in [1.54, 1.807) is 0 Å². The lowest BCUT2D eigenvalue weighted by Gasteiger charge is -2.04. The molecule has 0 aliphatic rings. The fraction of sp³-hybridized carbons (Fsp3) is 0.833. The third-order valence-corrected chi connectivity index (χ3v) is 1.36. The molecular weight excluding hydrogens is 166 g/mol. The van der Waals surface area contributed by atoms with Gasteiger partial charge in [0.25, 0.3) is 0 Å². The highest BCUT2D eigenvalue weighted by molar-refractivity contribution is 5.72. The molecule has 0 radical (unpaired) electrons. The number of rotatable bonds is 7. The Kier molecular flexibility index (Phi) is 6.58. The van der Waals surface area contributed by atoms with Gasteiger partial charge in [-0.2, -0.15) is 0 Å². The first-order valence-electron chi connectivity index (χ1n) is 3.60. The van der Waals surface area contributed by atoms with Crippen LogP contribution in [0, 0.1) is 0 Å². The summed E-state index contributed by atoms with van der Waals surface area (Å²) in [6, 6.07) is -0.819. The number of hydrogen-bond acceptors (Lipinski definition) is 5. The lowest BCUT2D eigenvalue weighted by Crippen LogP contribution is -2.29. The molecule has 12 heavy (non-hydrogen) atoms. The Morgan fingerprint density at radius 1 is 1.50 bits per heavy atom. The van der Waals surface area contributed by atoms with Crippen LogP contribution in [0.5, 0.6) is 0 Å². The third-order valence-electron chi connectivity index (χ3n) is 1.36. The lowest BCUT2D eigenvalue weighted by atomic mass is 10.1. The molecule has 0 aliphatic carbocycles. The largest absolute Gasteiger partial charge is 0.480 e. The molecule has 6 heteroatoms. The zero-order valence-corrected chi connectivity index (χ0v) is 6.60. The Morgan fingerprint density at radius 3 is 2.67 bits per heavy atom. The number of carboxylic acid groups (broad SMARTS) is 1. The van der Waals surface area contributed by atoms with Crippen molar-refractivity contribution in [1.29, 1.82) is 0 Å². The van der Waals surface area contributed by atoms with Crippen LogP contribution in [0.1, 0.15) is 19.3 Å². The van der Waals surface area contributed by atoms with Crippen LogP contribution in [0.3, 0.4) is 0 Å². The number of aliphatic carboxylic acids is 1. The lowest BCUT2D eigenvalue weighted by molar-refractivity contribution is -0.490. The average Bonchev–Trinajstić information content (AvgIpc) is 2.03. The molecular formula is C6H13NO5. The van der Waals surface area contributed by atoms with E-state index >= 15 is 0 Å². The highest BCUT2D eigenvalue weighted by atomic mass is 17.5. The van der Waals surface area contributed by atoms with E-state index in [1.165, 1.54) is 0 Å². The molecule has 0 bridgehead atoms. The minimum Gasteiger partial charge on any atom is -0.480 e. The Balaban J connectivity index is 3.14. The molecule has 0 aromatic carbocycles. The molecule has 72 valence electrons. The molecule has 6 nitrogen and oxygen atoms in total. The predicted molar refractivity (Wildman–Crippen MR) is 39.1 cm³/mol. The summed E-state index contributed by atoms with van der Waals surface area (Å²) < 4.78 is 0. The highest BCUT2D eigenvalue weighted by Crippen LogP contribution is 1.99. The van der Waals surface area contributed by atoms with E-state index in [-0.39, 0.29) is 6.61 Å². The van der Waals surface area contributed by atoms with Crippen LogP contribution in [-0.4, -0.2) is 29.0 Å². The van der Waals surface area contributed by atoms with Crippen molar-refractivity contribution in [3.63, 3.8) is 0 Å². The zero-order valence-electron chi connectivity index (χ0n) is 6.60. The van der Waals surface area contributed by atoms with Crippen LogP contribution < -0.4 is 5.73 Å². The van der Waals surface area contributed by atoms with Gasteiger partial charge >= 0.3 is 5.97 Å². The van der Waals surface area contributed by atoms with Gasteiger partial charge in [-0.15, -0.1) is 0 Å². The van der Waals surface area contributed by atoms with Gasteiger partial charge in [-0.05, 0) is 19.3 Å². The number of nitrogens with two attached hydrogens (primary N) is 1. The Morgan fingerprint density at radius 2 is 2.17 bits per heavy atom. The Bertz CT molecular complexity index is 129. The fourth-order valence-electron chi connectivity index (χ4n) is 0.686. The average molecular weight is 179 g/mol. The molecule has 1 atom stereocenters. The van der Waals surface area contributed by atoms with Crippen LogP contribution in [0.4, 0.5) is 0 Å². The molecule has 1 unspecified atom stereocenters. The summed E-state index contributed by atoms with van der Waals surface area (Å²) in [5.41, 5.74) is 5.21. The molecule has 0 rings (SSSR count). The maximum atomic E-state index is 10.2. The van der Waals surface area contributed by atoms with Gasteiger partial charge in [0.2, 0.25) is 0 Å². The number of unbranched alkanes of at least 4 members (excludes halogenated alkanes) is 1. The van der Waals surface area contributed by atoms with E-state index in [4.69, 9.17) is 16.1 Å². The number of carboxylic acids is 1. The van der Waals surface area contributed by atoms with Crippen LogP contribution in [-0.2, 0) is 14.7 Å². The van der Waals surface area contributed by atoms with E-state index < -0.39 is 12.0 Å². The summed E-state index contributed by atoms with van der Waals surface area (Å²) in [6.07, 6.45) is 1.61. The van der Waals surface area contributed by atoms with E-state index in [2.05, 4.69) is 9.93 Å². The topological polar surface area (TPSA) is 102 Å². The van der Waals surface area contributed by atoms with E-state index in [0.29, 0.717) is 19.3 Å². The molecule has 0 aliphatic heterocycles. The Labute approximate surface area is 69.7 Å². The summed E-state index contributed by atoms with van der Waals surface area (Å²) in [4.78, 5) is 14.3. The van der Waals surface area contributed by atoms with E-state index in [1.807, 2.05) is 0 Å². The number of hydrogen-bond donors (Lipinski definition) is 3. The molecule has 0 spiro atoms. The van der Waals surface area contributed by atoms with Crippen molar-refractivity contribution in [3.8, 4) is 0 Å². The second-order valence-electron chi connectivity index (χ2n) is 2.34. The fourth-order valence-corrected chi connectivity index (χ4v) is 0.686. The maximum absolute atomic E-state index is 10.2. The van der Waals surface area contributed by atoms with Crippen molar-refractivity contribution in [1.82, 2.24) is 0 Å². The van der Waals surface area contributed by atoms with Gasteiger partial charge in [-0.25, -0.2) is 10.1 Å². The van der Waals surface area contributed by atoms with Gasteiger partial charge in [0.1, 0.15) is 6.04 Å². The second kappa shape index (κ2) is 6.99. The normalized spacial score (nSPS) is 12.8. The van der Waals surface area contributed by atoms with Crippen molar-refractivity contribution in [3.05, 3.63) is 0 Å². The van der Waals surface area contributed by atoms with Gasteiger partial charge in [0, 0.05) is 0 Å². The molecule has 0 amide bonds. The van der Waals surface area contributed by atoms with Crippen LogP contribution in [0.25, 0.3) is 0 Å². The molecule has 0 aromatic heterocycles. The van der Waals surface area contributed by atoms with Crippen molar-refractivity contribution < 1.29 is 25.1 Å². The summed E-state index contributed by atoms with van der Waals surface area (Å²) in [7, 11) is 0. The monoisotopic (exact) mass is 179 g/mol. The van der Waals surface area contributed by atoms with Gasteiger partial charge < -0.3 is 10.8 Å². The molecule has 0 saturated heterocycles. The minimum atomic E-state index is -1.01. The summed E-state index contributed by atoms with van der Waals surface area (Å²) >= 11 is 0. The summed E-state index contributed by atoms with van der Waals surface area (Å²) in [5.74, 6) is -1.01. The van der Waals surface area contributed by atoms with Crippen LogP contribution in [0.15, 0.2) is 0 Å². The van der Waals surface area contributed by atoms with E-state index in [0.717, 1.165) is 0 Å². The van der Waals surface area contributed by atoms with Gasteiger partial charge in [-0.1, -0.05) is 5.04 Å². The SMILES string of the molecule is NC(CCCCOOO)C(=O)O. The van der Waals surface area contributed by atoms with Crippen molar-refractivity contribution in [2.24, 2.45) is 5.73 Å². The Hall–Kier alpha value is -0.690. The van der Waals surface area contributed by atoms with Gasteiger partial charge in [-0.3, -0.25) is 4.79 Å². The van der Waals surface area contributed by atoms with E-state index in [9.17, 15) is 4.79 Å². The standard InChI is InChI=1S/C6H13NO5/c7-5(6(8)9)3-1-2-4-11-12-10/h5,10H,1-4,7H2,(H,8,9). The smallest absolute Gasteiger partial charge is 0.320 e. The van der Waals surface area contributed by atoms with Gasteiger partial charge in [0.05, 0.1) is 6.61 Å². The maximum Gasteiger partial charge on any atom is 0.320 e. The van der Waals surface area contributed by atoms with Crippen molar-refractivity contribution >= 4 is 5.97 Å². The highest BCUT2D eigenvalue weighted by Gasteiger charge is 2.09. The van der Waals surface area contributed by atoms with Crippen LogP contribution >= 0.6 is 0 Å². The van der Waals surface area contributed by atoms with Gasteiger partial charge in [0.15, 0.2) is 0 Å². The summed E-state index contributed by atoms with van der Waals surface area (Å²) in [6.45, 7) is 0.225. The molecule has 0 heterocycles. The molecule has 4 N–H and O–H groups in total. The molecule has 0 saturated carbocycles. The van der Waals surface area contributed by atoms with Crippen molar-refractivity contribution in [2.45, 2.75) is 25.3 Å². The minimum absolute atomic E-state index is 0.225. The van der Waals surface area contributed by atoms with Crippen molar-refractivity contribution in [2.75, 3.05) is 6.61 Å². The quantitative estimate of drug-likeness (QED) is 0.288. The number of carbonyl (C=O) groups is 1. The molecule has 0 fully saturated rings. The second-order valence-corrected chi connectivity index (χ2v) is 2.34. The molecule has 0 aromatic rings. The first-order valence-corrected chi connectivity index (χ1v) is 3.60. The summed E-state index contributed by atoms with van der Waals surface area (Å²) in [5, 5.41) is 19.4. The van der Waals surface area contributed by atoms with Crippen LogP contribution in [0.2, 0.25) is 0 Å².